The number of nitrogens with zero attached hydrogens (tertiary/aromatic N) is 1. The van der Waals surface area contributed by atoms with E-state index in [1.54, 1.807) is 39.0 Å². The summed E-state index contributed by atoms with van der Waals surface area (Å²) in [4.78, 5) is 51.1. The fourth-order valence-electron chi connectivity index (χ4n) is 2.58. The Hall–Kier alpha value is -2.97. The number of carbonyl (C=O) groups is 4. The third kappa shape index (κ3) is 6.98. The maximum atomic E-state index is 12.3. The Kier molecular flexibility index (Phi) is 7.08. The minimum absolute atomic E-state index is 0.189. The van der Waals surface area contributed by atoms with Gasteiger partial charge in [0, 0.05) is 18.7 Å². The second-order valence-electron chi connectivity index (χ2n) is 7.52. The van der Waals surface area contributed by atoms with Crippen LogP contribution in [0.4, 0.5) is 4.79 Å². The van der Waals surface area contributed by atoms with Crippen molar-refractivity contribution >= 4 is 23.8 Å². The van der Waals surface area contributed by atoms with E-state index in [2.05, 4.69) is 20.9 Å². The summed E-state index contributed by atoms with van der Waals surface area (Å²) in [6.45, 7) is 5.80. The van der Waals surface area contributed by atoms with Crippen LogP contribution in [-0.4, -0.2) is 47.0 Å². The molecule has 0 radical (unpaired) electrons. The highest BCUT2D eigenvalue weighted by molar-refractivity contribution is 6.03. The van der Waals surface area contributed by atoms with E-state index in [0.29, 0.717) is 25.1 Å². The second kappa shape index (κ2) is 9.29. The standard InChI is InChI=1S/C19H26N4O5/c1-19(2,3)28-18(27)20-11-5-7-12-6-4-8-13(21-12)16(25)22-14-9-10-15(24)23-17(14)26/h4,6,8,14H,5,7,9-11H2,1-3H3,(H,20,27)(H,22,25)(H,23,24,26). The van der Waals surface area contributed by atoms with E-state index in [4.69, 9.17) is 4.74 Å². The quantitative estimate of drug-likeness (QED) is 0.493. The summed E-state index contributed by atoms with van der Waals surface area (Å²) in [5.41, 5.74) is 0.347. The van der Waals surface area contributed by atoms with Gasteiger partial charge in [-0.15, -0.1) is 0 Å². The summed E-state index contributed by atoms with van der Waals surface area (Å²) in [6.07, 6.45) is 1.18. The van der Waals surface area contributed by atoms with Crippen LogP contribution >= 0.6 is 0 Å². The van der Waals surface area contributed by atoms with Gasteiger partial charge in [0.2, 0.25) is 11.8 Å². The van der Waals surface area contributed by atoms with Gasteiger partial charge in [0.05, 0.1) is 0 Å². The Morgan fingerprint density at radius 1 is 1.29 bits per heavy atom. The van der Waals surface area contributed by atoms with E-state index in [0.717, 1.165) is 0 Å². The highest BCUT2D eigenvalue weighted by atomic mass is 16.6. The average molecular weight is 390 g/mol. The molecule has 4 amide bonds. The van der Waals surface area contributed by atoms with Crippen LogP contribution in [0.3, 0.4) is 0 Å². The maximum absolute atomic E-state index is 12.3. The van der Waals surface area contributed by atoms with Crippen molar-refractivity contribution in [3.63, 3.8) is 0 Å². The Bertz CT molecular complexity index is 757. The molecule has 1 aromatic heterocycles. The van der Waals surface area contributed by atoms with Crippen LogP contribution in [0, 0.1) is 0 Å². The lowest BCUT2D eigenvalue weighted by molar-refractivity contribution is -0.134. The van der Waals surface area contributed by atoms with Gasteiger partial charge < -0.3 is 15.4 Å². The molecule has 1 atom stereocenters. The van der Waals surface area contributed by atoms with Gasteiger partial charge in [-0.05, 0) is 52.2 Å². The lowest BCUT2D eigenvalue weighted by atomic mass is 10.1. The van der Waals surface area contributed by atoms with E-state index < -0.39 is 29.6 Å². The SMILES string of the molecule is CC(C)(C)OC(=O)NCCCc1cccc(C(=O)NC2CCC(=O)NC2=O)n1. The molecule has 2 rings (SSSR count). The van der Waals surface area contributed by atoms with Gasteiger partial charge in [0.15, 0.2) is 0 Å². The van der Waals surface area contributed by atoms with Crippen molar-refractivity contribution < 1.29 is 23.9 Å². The van der Waals surface area contributed by atoms with Crippen LogP contribution in [0.15, 0.2) is 18.2 Å². The summed E-state index contributed by atoms with van der Waals surface area (Å²) in [5, 5.41) is 7.46. The number of aromatic nitrogens is 1. The van der Waals surface area contributed by atoms with E-state index in [1.807, 2.05) is 0 Å². The predicted molar refractivity (Wildman–Crippen MR) is 100 cm³/mol. The molecule has 0 aliphatic carbocycles. The Balaban J connectivity index is 1.81. The lowest BCUT2D eigenvalue weighted by Gasteiger charge is -2.21. The molecule has 1 aromatic rings. The largest absolute Gasteiger partial charge is 0.444 e. The van der Waals surface area contributed by atoms with E-state index in [-0.39, 0.29) is 24.4 Å². The fraction of sp³-hybridized carbons (Fsp3) is 0.526. The number of ether oxygens (including phenoxy) is 1. The molecule has 28 heavy (non-hydrogen) atoms. The molecule has 1 fully saturated rings. The van der Waals surface area contributed by atoms with Crippen LogP contribution < -0.4 is 16.0 Å². The summed E-state index contributed by atoms with van der Waals surface area (Å²) >= 11 is 0. The van der Waals surface area contributed by atoms with Crippen LogP contribution in [0.1, 0.15) is 56.2 Å². The summed E-state index contributed by atoms with van der Waals surface area (Å²) in [7, 11) is 0. The van der Waals surface area contributed by atoms with Crippen LogP contribution in [0.25, 0.3) is 0 Å². The summed E-state index contributed by atoms with van der Waals surface area (Å²) in [5.74, 6) is -1.31. The molecule has 1 aliphatic rings. The van der Waals surface area contributed by atoms with Crippen molar-refractivity contribution in [3.05, 3.63) is 29.6 Å². The third-order valence-electron chi connectivity index (χ3n) is 3.86. The highest BCUT2D eigenvalue weighted by Crippen LogP contribution is 2.08. The number of aryl methyl sites for hydroxylation is 1. The Morgan fingerprint density at radius 3 is 2.71 bits per heavy atom. The molecule has 1 aliphatic heterocycles. The lowest BCUT2D eigenvalue weighted by Crippen LogP contribution is -2.52. The van der Waals surface area contributed by atoms with Crippen LogP contribution in [0.5, 0.6) is 0 Å². The van der Waals surface area contributed by atoms with Crippen molar-refractivity contribution in [2.24, 2.45) is 0 Å². The fourth-order valence-corrected chi connectivity index (χ4v) is 2.58. The van der Waals surface area contributed by atoms with Gasteiger partial charge in [-0.1, -0.05) is 6.07 Å². The minimum Gasteiger partial charge on any atom is -0.444 e. The number of amides is 4. The van der Waals surface area contributed by atoms with E-state index >= 15 is 0 Å². The number of carbonyl (C=O) groups excluding carboxylic acids is 4. The first kappa shape index (κ1) is 21.3. The van der Waals surface area contributed by atoms with E-state index in [9.17, 15) is 19.2 Å². The zero-order valence-corrected chi connectivity index (χ0v) is 16.3. The normalized spacial score (nSPS) is 16.9. The molecule has 3 N–H and O–H groups in total. The zero-order valence-electron chi connectivity index (χ0n) is 16.3. The summed E-state index contributed by atoms with van der Waals surface area (Å²) < 4.78 is 5.16. The number of hydrogen-bond donors (Lipinski definition) is 3. The van der Waals surface area contributed by atoms with Crippen molar-refractivity contribution in [1.29, 1.82) is 0 Å². The molecule has 1 unspecified atom stereocenters. The van der Waals surface area contributed by atoms with Crippen molar-refractivity contribution in [2.75, 3.05) is 6.54 Å². The van der Waals surface area contributed by atoms with Gasteiger partial charge in [0.1, 0.15) is 17.3 Å². The molecule has 0 bridgehead atoms. The van der Waals surface area contributed by atoms with Gasteiger partial charge in [-0.25, -0.2) is 9.78 Å². The second-order valence-corrected chi connectivity index (χ2v) is 7.52. The Morgan fingerprint density at radius 2 is 2.04 bits per heavy atom. The van der Waals surface area contributed by atoms with Gasteiger partial charge in [0.25, 0.3) is 5.91 Å². The zero-order chi connectivity index (χ0) is 20.7. The molecule has 152 valence electrons. The van der Waals surface area contributed by atoms with Crippen LogP contribution in [0.2, 0.25) is 0 Å². The number of piperidine rings is 1. The number of alkyl carbamates (subject to hydrolysis) is 1. The summed E-state index contributed by atoms with van der Waals surface area (Å²) in [6, 6.07) is 4.32. The first-order valence-corrected chi connectivity index (χ1v) is 9.21. The first-order chi connectivity index (χ1) is 13.1. The average Bonchev–Trinajstić information content (AvgIpc) is 2.60. The number of rotatable bonds is 6. The van der Waals surface area contributed by atoms with Crippen molar-refractivity contribution in [3.8, 4) is 0 Å². The predicted octanol–water partition coefficient (Wildman–Crippen LogP) is 1.07. The van der Waals surface area contributed by atoms with Crippen molar-refractivity contribution in [2.45, 2.75) is 58.1 Å². The van der Waals surface area contributed by atoms with Crippen LogP contribution in [-0.2, 0) is 20.7 Å². The molecule has 1 saturated heterocycles. The molecule has 0 saturated carbocycles. The van der Waals surface area contributed by atoms with E-state index in [1.165, 1.54) is 0 Å². The van der Waals surface area contributed by atoms with Crippen molar-refractivity contribution in [1.82, 2.24) is 20.9 Å². The highest BCUT2D eigenvalue weighted by Gasteiger charge is 2.28. The smallest absolute Gasteiger partial charge is 0.407 e. The minimum atomic E-state index is -0.742. The van der Waals surface area contributed by atoms with Gasteiger partial charge >= 0.3 is 6.09 Å². The maximum Gasteiger partial charge on any atom is 0.407 e. The monoisotopic (exact) mass is 390 g/mol. The third-order valence-corrected chi connectivity index (χ3v) is 3.86. The molecular weight excluding hydrogens is 364 g/mol. The molecule has 0 aromatic carbocycles. The number of hydrogen-bond acceptors (Lipinski definition) is 6. The molecule has 2 heterocycles. The topological polar surface area (TPSA) is 126 Å². The molecule has 9 heteroatoms. The molecule has 9 nitrogen and oxygen atoms in total. The Labute approximate surface area is 163 Å². The first-order valence-electron chi connectivity index (χ1n) is 9.21. The number of pyridine rings is 1. The molecule has 0 spiro atoms. The molecular formula is C19H26N4O5. The number of imide groups is 1. The van der Waals surface area contributed by atoms with Gasteiger partial charge in [-0.3, -0.25) is 19.7 Å². The number of nitrogens with one attached hydrogen (secondary N) is 3. The van der Waals surface area contributed by atoms with Gasteiger partial charge in [-0.2, -0.15) is 0 Å².